The highest BCUT2D eigenvalue weighted by Gasteiger charge is 2.25. The lowest BCUT2D eigenvalue weighted by molar-refractivity contribution is 0.0487. The lowest BCUT2D eigenvalue weighted by atomic mass is 9.86. The van der Waals surface area contributed by atoms with Gasteiger partial charge in [0.2, 0.25) is 5.88 Å². The maximum atomic E-state index is 12.5. The van der Waals surface area contributed by atoms with Gasteiger partial charge in [-0.15, -0.1) is 0 Å². The van der Waals surface area contributed by atoms with E-state index in [0.29, 0.717) is 19.1 Å². The summed E-state index contributed by atoms with van der Waals surface area (Å²) in [5.74, 6) is 0.0211. The van der Waals surface area contributed by atoms with Crippen LogP contribution in [0, 0.1) is 17.2 Å². The van der Waals surface area contributed by atoms with Crippen molar-refractivity contribution < 1.29 is 19.1 Å². The molecule has 0 saturated heterocycles. The van der Waals surface area contributed by atoms with Crippen molar-refractivity contribution >= 4 is 17.7 Å². The molecule has 0 unspecified atom stereocenters. The summed E-state index contributed by atoms with van der Waals surface area (Å²) in [6.07, 6.45) is 3.03. The Bertz CT molecular complexity index is 805. The normalized spacial score (nSPS) is 18.8. The van der Waals surface area contributed by atoms with E-state index >= 15 is 0 Å². The van der Waals surface area contributed by atoms with E-state index in [9.17, 15) is 14.9 Å². The molecule has 1 aromatic heterocycles. The number of amides is 2. The van der Waals surface area contributed by atoms with Crippen molar-refractivity contribution in [3.63, 3.8) is 0 Å². The van der Waals surface area contributed by atoms with Crippen LogP contribution in [-0.4, -0.2) is 41.8 Å². The van der Waals surface area contributed by atoms with E-state index in [-0.39, 0.29) is 34.8 Å². The van der Waals surface area contributed by atoms with E-state index < -0.39 is 11.7 Å². The van der Waals surface area contributed by atoms with Gasteiger partial charge in [0.25, 0.3) is 5.91 Å². The van der Waals surface area contributed by atoms with Gasteiger partial charge in [-0.05, 0) is 65.4 Å². The predicted octanol–water partition coefficient (Wildman–Crippen LogP) is 2.75. The lowest BCUT2D eigenvalue weighted by Crippen LogP contribution is -2.42. The monoisotopic (exact) mass is 417 g/mol. The van der Waals surface area contributed by atoms with Crippen LogP contribution in [0.1, 0.15) is 69.4 Å². The molecule has 2 amide bonds. The molecule has 1 aromatic rings. The minimum absolute atomic E-state index is 0.0684. The van der Waals surface area contributed by atoms with E-state index in [0.717, 1.165) is 25.7 Å². The topological polar surface area (TPSA) is 139 Å². The van der Waals surface area contributed by atoms with Crippen LogP contribution in [-0.2, 0) is 4.74 Å². The number of hydrogen-bond donors (Lipinski definition) is 3. The van der Waals surface area contributed by atoms with Gasteiger partial charge in [-0.1, -0.05) is 0 Å². The summed E-state index contributed by atoms with van der Waals surface area (Å²) in [7, 11) is 0. The Morgan fingerprint density at radius 2 is 1.97 bits per heavy atom. The number of ether oxygens (including phenoxy) is 2. The van der Waals surface area contributed by atoms with Crippen LogP contribution in [0.25, 0.3) is 0 Å². The van der Waals surface area contributed by atoms with E-state index in [1.165, 1.54) is 6.07 Å². The van der Waals surface area contributed by atoms with Gasteiger partial charge in [-0.2, -0.15) is 5.26 Å². The average molecular weight is 418 g/mol. The molecule has 1 aliphatic rings. The maximum absolute atomic E-state index is 12.5. The van der Waals surface area contributed by atoms with Crippen LogP contribution in [0.5, 0.6) is 5.88 Å². The molecule has 4 N–H and O–H groups in total. The molecule has 9 nitrogen and oxygen atoms in total. The minimum atomic E-state index is -0.517. The van der Waals surface area contributed by atoms with E-state index in [1.807, 2.05) is 26.8 Å². The number of pyridine rings is 1. The van der Waals surface area contributed by atoms with Crippen LogP contribution in [0.4, 0.5) is 10.5 Å². The highest BCUT2D eigenvalue weighted by Crippen LogP contribution is 2.25. The van der Waals surface area contributed by atoms with Gasteiger partial charge >= 0.3 is 6.09 Å². The Morgan fingerprint density at radius 1 is 1.30 bits per heavy atom. The fourth-order valence-electron chi connectivity index (χ4n) is 3.32. The number of aromatic nitrogens is 1. The first-order valence-electron chi connectivity index (χ1n) is 10.2. The molecule has 164 valence electrons. The van der Waals surface area contributed by atoms with Gasteiger partial charge in [0, 0.05) is 12.6 Å². The maximum Gasteiger partial charge on any atom is 0.407 e. The molecule has 0 bridgehead atoms. The highest BCUT2D eigenvalue weighted by atomic mass is 16.6. The van der Waals surface area contributed by atoms with Crippen molar-refractivity contribution in [2.75, 3.05) is 18.9 Å². The standard InChI is InChI=1S/C21H31N5O4/c1-5-29-19-15(11-22)16(23)10-17(26-19)18(27)24-12-13-6-8-14(9-7-13)25-20(28)30-21(2,3)4/h10,13-14H,5-9,12H2,1-4H3,(H2,23,26)(H,24,27)(H,25,28)/t13-,14-. The quantitative estimate of drug-likeness (QED) is 0.646. The second kappa shape index (κ2) is 10.1. The molecule has 0 radical (unpaired) electrons. The van der Waals surface area contributed by atoms with Gasteiger partial charge in [-0.3, -0.25) is 4.79 Å². The van der Waals surface area contributed by atoms with Gasteiger partial charge in [0.05, 0.1) is 12.3 Å². The number of carbonyl (C=O) groups is 2. The molecule has 2 rings (SSSR count). The van der Waals surface area contributed by atoms with Gasteiger partial charge in [0.1, 0.15) is 22.9 Å². The molecule has 30 heavy (non-hydrogen) atoms. The first-order valence-corrected chi connectivity index (χ1v) is 10.2. The summed E-state index contributed by atoms with van der Waals surface area (Å²) in [5, 5.41) is 15.0. The first-order chi connectivity index (χ1) is 14.1. The molecule has 0 aromatic carbocycles. The predicted molar refractivity (Wildman–Crippen MR) is 112 cm³/mol. The molecular weight excluding hydrogens is 386 g/mol. The Labute approximate surface area is 177 Å². The molecule has 0 atom stereocenters. The number of hydrogen-bond acceptors (Lipinski definition) is 7. The number of nitrogens with two attached hydrogens (primary N) is 1. The SMILES string of the molecule is CCOc1nc(C(=O)NC[C@H]2CC[C@H](NC(=O)OC(C)(C)C)CC2)cc(N)c1C#N. The van der Waals surface area contributed by atoms with Crippen LogP contribution in [0.3, 0.4) is 0 Å². The molecule has 0 aliphatic heterocycles. The lowest BCUT2D eigenvalue weighted by Gasteiger charge is -2.30. The Kier molecular flexibility index (Phi) is 7.86. The van der Waals surface area contributed by atoms with Crippen molar-refractivity contribution in [3.8, 4) is 11.9 Å². The molecule has 9 heteroatoms. The van der Waals surface area contributed by atoms with Crippen LogP contribution >= 0.6 is 0 Å². The second-order valence-corrected chi connectivity index (χ2v) is 8.40. The number of carbonyl (C=O) groups excluding carboxylic acids is 2. The largest absolute Gasteiger partial charge is 0.477 e. The number of nitrogen functional groups attached to an aromatic ring is 1. The first kappa shape index (κ1) is 23.3. The Morgan fingerprint density at radius 3 is 2.53 bits per heavy atom. The van der Waals surface area contributed by atoms with Crippen molar-refractivity contribution in [2.45, 2.75) is 65.0 Å². The fraction of sp³-hybridized carbons (Fsp3) is 0.619. The van der Waals surface area contributed by atoms with E-state index in [4.69, 9.17) is 15.2 Å². The number of anilines is 1. The van der Waals surface area contributed by atoms with Gasteiger partial charge in [0.15, 0.2) is 0 Å². The molecule has 1 saturated carbocycles. The van der Waals surface area contributed by atoms with Crippen molar-refractivity contribution in [1.82, 2.24) is 15.6 Å². The summed E-state index contributed by atoms with van der Waals surface area (Å²) in [6, 6.07) is 3.42. The number of rotatable bonds is 6. The summed E-state index contributed by atoms with van der Waals surface area (Å²) in [5.41, 5.74) is 5.76. The van der Waals surface area contributed by atoms with E-state index in [1.54, 1.807) is 6.92 Å². The van der Waals surface area contributed by atoms with Crippen LogP contribution in [0.15, 0.2) is 6.07 Å². The second-order valence-electron chi connectivity index (χ2n) is 8.40. The highest BCUT2D eigenvalue weighted by molar-refractivity contribution is 5.93. The fourth-order valence-corrected chi connectivity index (χ4v) is 3.32. The van der Waals surface area contributed by atoms with Gasteiger partial charge < -0.3 is 25.8 Å². The van der Waals surface area contributed by atoms with Crippen LogP contribution < -0.4 is 21.1 Å². The van der Waals surface area contributed by atoms with Crippen molar-refractivity contribution in [2.24, 2.45) is 5.92 Å². The number of nitrogens with zero attached hydrogens (tertiary/aromatic N) is 2. The van der Waals surface area contributed by atoms with Crippen LogP contribution in [0.2, 0.25) is 0 Å². The zero-order chi connectivity index (χ0) is 22.3. The summed E-state index contributed by atoms with van der Waals surface area (Å²) in [6.45, 7) is 8.08. The Hall–Kier alpha value is -3.02. The minimum Gasteiger partial charge on any atom is -0.477 e. The zero-order valence-electron chi connectivity index (χ0n) is 18.1. The third kappa shape index (κ3) is 6.79. The molecule has 1 fully saturated rings. The third-order valence-corrected chi connectivity index (χ3v) is 4.76. The molecule has 1 aliphatic carbocycles. The van der Waals surface area contributed by atoms with Gasteiger partial charge in [-0.25, -0.2) is 9.78 Å². The summed E-state index contributed by atoms with van der Waals surface area (Å²) < 4.78 is 10.6. The van der Waals surface area contributed by atoms with Crippen molar-refractivity contribution in [1.29, 1.82) is 5.26 Å². The molecule has 0 spiro atoms. The Balaban J connectivity index is 1.84. The summed E-state index contributed by atoms with van der Waals surface area (Å²) >= 11 is 0. The average Bonchev–Trinajstić information content (AvgIpc) is 2.65. The number of nitrogens with one attached hydrogen (secondary N) is 2. The zero-order valence-corrected chi connectivity index (χ0v) is 18.1. The third-order valence-electron chi connectivity index (χ3n) is 4.76. The smallest absolute Gasteiger partial charge is 0.407 e. The summed E-state index contributed by atoms with van der Waals surface area (Å²) in [4.78, 5) is 28.5. The van der Waals surface area contributed by atoms with Crippen molar-refractivity contribution in [3.05, 3.63) is 17.3 Å². The number of nitriles is 1. The van der Waals surface area contributed by atoms with E-state index in [2.05, 4.69) is 15.6 Å². The number of alkyl carbamates (subject to hydrolysis) is 1. The molecular formula is C21H31N5O4. The molecule has 1 heterocycles.